The molecule has 0 aliphatic carbocycles. The van der Waals surface area contributed by atoms with Crippen LogP contribution in [0.3, 0.4) is 0 Å². The molecule has 200 valence electrons. The van der Waals surface area contributed by atoms with Crippen molar-refractivity contribution in [1.82, 2.24) is 4.90 Å². The third-order valence-electron chi connectivity index (χ3n) is 5.31. The maximum absolute atomic E-state index is 12.9. The van der Waals surface area contributed by atoms with E-state index < -0.39 is 54.0 Å². The number of hydrogen-bond acceptors (Lipinski definition) is 9. The van der Waals surface area contributed by atoms with Crippen molar-refractivity contribution in [3.63, 3.8) is 0 Å². The average Bonchev–Trinajstić information content (AvgIpc) is 3.24. The molecular weight excluding hydrogens is 470 g/mol. The zero-order valence-corrected chi connectivity index (χ0v) is 21.9. The van der Waals surface area contributed by atoms with E-state index in [2.05, 4.69) is 0 Å². The van der Waals surface area contributed by atoms with Crippen LogP contribution in [0.1, 0.15) is 59.9 Å². The SMILES string of the molecule is CC(=O)O[C@H]([C@H](OC(C)=O)[C@H](COCc1ccccc1)OC(C)=O)[C@@H]1CCCN1C(=O)OC(C)(C)C. The quantitative estimate of drug-likeness (QED) is 0.347. The van der Waals surface area contributed by atoms with Gasteiger partial charge in [-0.15, -0.1) is 0 Å². The van der Waals surface area contributed by atoms with Gasteiger partial charge in [-0.1, -0.05) is 30.3 Å². The molecule has 0 unspecified atom stereocenters. The molecule has 1 saturated heterocycles. The maximum atomic E-state index is 12.9. The summed E-state index contributed by atoms with van der Waals surface area (Å²) >= 11 is 0. The second kappa shape index (κ2) is 13.2. The molecule has 0 radical (unpaired) electrons. The Morgan fingerprint density at radius 3 is 2.11 bits per heavy atom. The smallest absolute Gasteiger partial charge is 0.410 e. The number of esters is 3. The Labute approximate surface area is 212 Å². The summed E-state index contributed by atoms with van der Waals surface area (Å²) in [6, 6.07) is 8.70. The number of carbonyl (C=O) groups is 4. The molecular formula is C26H37NO9. The molecule has 1 aromatic rings. The second-order valence-electron chi connectivity index (χ2n) is 9.68. The molecule has 0 spiro atoms. The van der Waals surface area contributed by atoms with Gasteiger partial charge < -0.3 is 28.6 Å². The fourth-order valence-corrected chi connectivity index (χ4v) is 4.06. The van der Waals surface area contributed by atoms with Crippen molar-refractivity contribution in [2.24, 2.45) is 0 Å². The van der Waals surface area contributed by atoms with E-state index in [-0.39, 0.29) is 13.2 Å². The molecule has 4 atom stereocenters. The maximum Gasteiger partial charge on any atom is 0.410 e. The number of benzene rings is 1. The van der Waals surface area contributed by atoms with Crippen LogP contribution in [0.15, 0.2) is 30.3 Å². The molecule has 1 heterocycles. The second-order valence-corrected chi connectivity index (χ2v) is 9.68. The first kappa shape index (κ1) is 29.1. The minimum Gasteiger partial charge on any atom is -0.456 e. The zero-order valence-electron chi connectivity index (χ0n) is 21.9. The van der Waals surface area contributed by atoms with Gasteiger partial charge in [0.2, 0.25) is 0 Å². The molecule has 0 saturated carbocycles. The molecule has 1 aliphatic heterocycles. The molecule has 0 bridgehead atoms. The normalized spacial score (nSPS) is 18.1. The van der Waals surface area contributed by atoms with E-state index in [1.54, 1.807) is 20.8 Å². The lowest BCUT2D eigenvalue weighted by molar-refractivity contribution is -0.193. The number of likely N-dealkylation sites (tertiary alicyclic amines) is 1. The summed E-state index contributed by atoms with van der Waals surface area (Å²) in [7, 11) is 0. The number of nitrogens with zero attached hydrogens (tertiary/aromatic N) is 1. The predicted octanol–water partition coefficient (Wildman–Crippen LogP) is 3.40. The fraction of sp³-hybridized carbons (Fsp3) is 0.615. The van der Waals surface area contributed by atoms with Gasteiger partial charge in [-0.2, -0.15) is 0 Å². The first-order valence-electron chi connectivity index (χ1n) is 12.0. The largest absolute Gasteiger partial charge is 0.456 e. The Bertz CT molecular complexity index is 896. The van der Waals surface area contributed by atoms with Crippen LogP contribution >= 0.6 is 0 Å². The van der Waals surface area contributed by atoms with E-state index >= 15 is 0 Å². The van der Waals surface area contributed by atoms with Crippen LogP contribution in [0.25, 0.3) is 0 Å². The van der Waals surface area contributed by atoms with Crippen molar-refractivity contribution in [3.05, 3.63) is 35.9 Å². The minimum absolute atomic E-state index is 0.136. The van der Waals surface area contributed by atoms with Crippen molar-refractivity contribution in [2.45, 2.75) is 90.9 Å². The summed E-state index contributed by atoms with van der Waals surface area (Å²) in [4.78, 5) is 50.6. The highest BCUT2D eigenvalue weighted by Gasteiger charge is 2.47. The van der Waals surface area contributed by atoms with E-state index in [0.717, 1.165) is 5.56 Å². The van der Waals surface area contributed by atoms with E-state index in [1.807, 2.05) is 30.3 Å². The molecule has 1 aliphatic rings. The molecule has 0 N–H and O–H groups in total. The lowest BCUT2D eigenvalue weighted by atomic mass is 9.98. The Morgan fingerprint density at radius 1 is 0.944 bits per heavy atom. The molecule has 1 amide bonds. The summed E-state index contributed by atoms with van der Waals surface area (Å²) in [5.41, 5.74) is 0.161. The monoisotopic (exact) mass is 507 g/mol. The molecule has 36 heavy (non-hydrogen) atoms. The molecule has 10 nitrogen and oxygen atoms in total. The molecule has 2 rings (SSSR count). The average molecular weight is 508 g/mol. The van der Waals surface area contributed by atoms with Crippen LogP contribution in [0.4, 0.5) is 4.79 Å². The van der Waals surface area contributed by atoms with Crippen LogP contribution in [0, 0.1) is 0 Å². The summed E-state index contributed by atoms with van der Waals surface area (Å²) in [6.07, 6.45) is -2.93. The van der Waals surface area contributed by atoms with Crippen molar-refractivity contribution in [3.8, 4) is 0 Å². The van der Waals surface area contributed by atoms with Gasteiger partial charge in [0.1, 0.15) is 5.60 Å². The summed E-state index contributed by atoms with van der Waals surface area (Å²) in [5.74, 6) is -1.93. The number of carbonyl (C=O) groups excluding carboxylic acids is 4. The fourth-order valence-electron chi connectivity index (χ4n) is 4.06. The van der Waals surface area contributed by atoms with E-state index in [1.165, 1.54) is 25.7 Å². The van der Waals surface area contributed by atoms with Crippen LogP contribution in [0.5, 0.6) is 0 Å². The summed E-state index contributed by atoms with van der Waals surface area (Å²) < 4.78 is 28.0. The number of hydrogen-bond donors (Lipinski definition) is 0. The molecule has 1 aromatic carbocycles. The van der Waals surface area contributed by atoms with Crippen molar-refractivity contribution in [1.29, 1.82) is 0 Å². The standard InChI is InChI=1S/C26H37NO9/c1-17(28)33-22(16-32-15-20-11-8-7-9-12-20)24(35-19(3)30)23(34-18(2)29)21-13-10-14-27(21)25(31)36-26(4,5)6/h7-9,11-12,21-24H,10,13-16H2,1-6H3/t21-,22-,23-,24+/m0/s1. The Kier molecular flexibility index (Phi) is 10.7. The molecule has 10 heteroatoms. The highest BCUT2D eigenvalue weighted by atomic mass is 16.6. The molecule has 1 fully saturated rings. The number of rotatable bonds is 10. The van der Waals surface area contributed by atoms with Crippen molar-refractivity contribution in [2.75, 3.05) is 13.2 Å². The van der Waals surface area contributed by atoms with Gasteiger partial charge in [0.15, 0.2) is 18.3 Å². The molecule has 0 aromatic heterocycles. The van der Waals surface area contributed by atoms with Gasteiger partial charge in [0.25, 0.3) is 0 Å². The third-order valence-corrected chi connectivity index (χ3v) is 5.31. The van der Waals surface area contributed by atoms with Crippen molar-refractivity contribution >= 4 is 24.0 Å². The first-order valence-corrected chi connectivity index (χ1v) is 12.0. The highest BCUT2D eigenvalue weighted by molar-refractivity contribution is 5.70. The van der Waals surface area contributed by atoms with Gasteiger partial charge in [0, 0.05) is 27.3 Å². The topological polar surface area (TPSA) is 118 Å². The van der Waals surface area contributed by atoms with Gasteiger partial charge in [-0.05, 0) is 39.2 Å². The summed E-state index contributed by atoms with van der Waals surface area (Å²) in [6.45, 7) is 9.35. The highest BCUT2D eigenvalue weighted by Crippen LogP contribution is 2.29. The zero-order chi connectivity index (χ0) is 26.9. The van der Waals surface area contributed by atoms with Crippen LogP contribution in [-0.4, -0.2) is 72.0 Å². The first-order chi connectivity index (χ1) is 16.9. The van der Waals surface area contributed by atoms with E-state index in [4.69, 9.17) is 23.7 Å². The third kappa shape index (κ3) is 9.49. The Hall–Kier alpha value is -3.14. The van der Waals surface area contributed by atoms with Gasteiger partial charge in [0.05, 0.1) is 19.3 Å². The van der Waals surface area contributed by atoms with Crippen LogP contribution in [-0.2, 0) is 44.7 Å². The number of ether oxygens (including phenoxy) is 5. The number of amides is 1. The lowest BCUT2D eigenvalue weighted by Gasteiger charge is -2.38. The minimum atomic E-state index is -1.22. The predicted molar refractivity (Wildman–Crippen MR) is 129 cm³/mol. The van der Waals surface area contributed by atoms with E-state index in [9.17, 15) is 19.2 Å². The van der Waals surface area contributed by atoms with Gasteiger partial charge >= 0.3 is 24.0 Å². The van der Waals surface area contributed by atoms with Crippen molar-refractivity contribution < 1.29 is 42.9 Å². The lowest BCUT2D eigenvalue weighted by Crippen LogP contribution is -2.56. The van der Waals surface area contributed by atoms with Crippen LogP contribution < -0.4 is 0 Å². The van der Waals surface area contributed by atoms with Gasteiger partial charge in [-0.25, -0.2) is 4.79 Å². The summed E-state index contributed by atoms with van der Waals surface area (Å²) in [5, 5.41) is 0. The van der Waals surface area contributed by atoms with Gasteiger partial charge in [-0.3, -0.25) is 14.4 Å². The Morgan fingerprint density at radius 2 is 1.56 bits per heavy atom. The Balaban J connectivity index is 2.35. The van der Waals surface area contributed by atoms with E-state index in [0.29, 0.717) is 19.4 Å². The van der Waals surface area contributed by atoms with Crippen LogP contribution in [0.2, 0.25) is 0 Å².